The third-order valence-electron chi connectivity index (χ3n) is 8.79. The van der Waals surface area contributed by atoms with E-state index in [1.165, 1.54) is 73.6 Å². The van der Waals surface area contributed by atoms with Crippen LogP contribution < -0.4 is 20.7 Å². The molecule has 0 saturated heterocycles. The molecule has 3 aromatic carbocycles. The highest BCUT2D eigenvalue weighted by molar-refractivity contribution is 7.92. The Kier molecular flexibility index (Phi) is 17.5. The minimum atomic E-state index is -3.79. The molecule has 0 fully saturated rings. The van der Waals surface area contributed by atoms with Crippen LogP contribution in [0, 0.1) is 6.92 Å². The number of nitrogens with zero attached hydrogens (tertiary/aromatic N) is 6. The van der Waals surface area contributed by atoms with Crippen molar-refractivity contribution in [2.45, 2.75) is 44.6 Å². The number of H-pyrrole nitrogens is 1. The van der Waals surface area contributed by atoms with Crippen LogP contribution in [0.25, 0.3) is 11.2 Å². The number of anilines is 1. The second-order valence-electron chi connectivity index (χ2n) is 13.2. The Labute approximate surface area is 369 Å². The molecule has 4 heterocycles. The Morgan fingerprint density at radius 1 is 1.00 bits per heavy atom. The van der Waals surface area contributed by atoms with Crippen LogP contribution in [0.5, 0.6) is 17.2 Å². The molecule has 7 rings (SSSR count). The lowest BCUT2D eigenvalue weighted by Crippen LogP contribution is -2.25. The molecule has 23 nitrogen and oxygen atoms in total. The number of amides is 2. The maximum absolute atomic E-state index is 12.3. The van der Waals surface area contributed by atoms with E-state index in [4.69, 9.17) is 24.9 Å². The van der Waals surface area contributed by atoms with Gasteiger partial charge in [0.25, 0.3) is 10.0 Å². The van der Waals surface area contributed by atoms with Crippen LogP contribution in [0.1, 0.15) is 57.2 Å². The number of phenolic OH excluding ortho intramolecular Hbond substituents is 1. The van der Waals surface area contributed by atoms with E-state index < -0.39 is 34.0 Å². The number of rotatable bonds is 12. The number of urea groups is 1. The number of benzene rings is 3. The van der Waals surface area contributed by atoms with Crippen LogP contribution >= 0.6 is 0 Å². The molecule has 65 heavy (non-hydrogen) atoms. The lowest BCUT2D eigenvalue weighted by atomic mass is 9.94. The number of imidazole rings is 1. The molecule has 0 aliphatic carbocycles. The average molecular weight is 915 g/mol. The second kappa shape index (κ2) is 23.1. The van der Waals surface area contributed by atoms with Gasteiger partial charge in [-0.2, -0.15) is 10.2 Å². The molecule has 0 unspecified atom stereocenters. The maximum atomic E-state index is 12.3. The SMILES string of the molecule is COc1c(C)c2c(c(O)c1C/C=C(\C)CCC(=O)O)C(=O)OC2.NC(=O)NO.O=C(O)c1cc(/N=N/c2ccc(S(=O)(=O)Nc3ccccn3)cc2)ccc1O.c1ncc2[nH]cnc2n1. The third-order valence-corrected chi connectivity index (χ3v) is 10.2. The van der Waals surface area contributed by atoms with E-state index in [-0.39, 0.29) is 52.1 Å². The lowest BCUT2D eigenvalue weighted by molar-refractivity contribution is -0.136. The Balaban J connectivity index is 0.000000221. The number of carbonyl (C=O) groups is 4. The number of azo groups is 1. The standard InChI is InChI=1S/C18H14N4O5S.C17H20O6.C5H4N4.CH4N2O2/c23-16-9-6-13(11-15(16)18(24)25)21-20-12-4-7-14(8-5-12)28(26,27)22-17-3-1-2-10-19-17;1-9(5-7-13(18)19)4-6-11-15(20)14-12(8-23-17(14)21)10(2)16(11)22-3;1-4-5(8-2-6-1)9-3-7-4;2-1(4)3-5/h1-11,23H,(H,19,22)(H,24,25);4,20H,5-8H2,1-3H3,(H,18,19);1-3H,(H,6,7,8,9);5H,(H3,2,3,4)/b21-20+;9-4+;;. The van der Waals surface area contributed by atoms with Crippen molar-refractivity contribution in [2.24, 2.45) is 16.0 Å². The summed E-state index contributed by atoms with van der Waals surface area (Å²) in [6.45, 7) is 3.79. The van der Waals surface area contributed by atoms with Crippen molar-refractivity contribution >= 4 is 62.3 Å². The van der Waals surface area contributed by atoms with Gasteiger partial charge in [0.05, 0.1) is 35.9 Å². The second-order valence-corrected chi connectivity index (χ2v) is 14.9. The fourth-order valence-electron chi connectivity index (χ4n) is 5.59. The molecule has 24 heteroatoms. The number of allylic oxidation sites excluding steroid dienone is 2. The number of carboxylic acid groups (broad SMARTS) is 2. The number of cyclic esters (lactones) is 1. The number of ether oxygens (including phenoxy) is 2. The summed E-state index contributed by atoms with van der Waals surface area (Å²) in [7, 11) is -2.28. The molecule has 0 bridgehead atoms. The molecular weight excluding hydrogens is 873 g/mol. The molecule has 3 aromatic heterocycles. The van der Waals surface area contributed by atoms with Crippen molar-refractivity contribution in [1.82, 2.24) is 30.4 Å². The van der Waals surface area contributed by atoms with Crippen LogP contribution in [-0.2, 0) is 32.6 Å². The monoisotopic (exact) mass is 914 g/mol. The number of hydroxylamine groups is 1. The van der Waals surface area contributed by atoms with E-state index in [1.54, 1.807) is 24.7 Å². The van der Waals surface area contributed by atoms with Gasteiger partial charge in [-0.25, -0.2) is 48.2 Å². The van der Waals surface area contributed by atoms with Gasteiger partial charge < -0.3 is 40.6 Å². The molecule has 6 aromatic rings. The van der Waals surface area contributed by atoms with Gasteiger partial charge in [0.2, 0.25) is 0 Å². The van der Waals surface area contributed by atoms with Crippen molar-refractivity contribution in [3.05, 3.63) is 125 Å². The summed E-state index contributed by atoms with van der Waals surface area (Å²) in [6, 6.07) is 13.3. The Morgan fingerprint density at radius 3 is 2.31 bits per heavy atom. The number of nitrogens with two attached hydrogens (primary N) is 1. The number of phenols is 2. The molecular formula is C41H42N10O13S. The number of aromatic nitrogens is 5. The predicted octanol–water partition coefficient (Wildman–Crippen LogP) is 5.83. The van der Waals surface area contributed by atoms with E-state index in [1.807, 2.05) is 19.9 Å². The molecule has 2 amide bonds. The number of aromatic amines is 1. The first-order valence-corrected chi connectivity index (χ1v) is 20.2. The largest absolute Gasteiger partial charge is 0.507 e. The molecule has 10 N–H and O–H groups in total. The van der Waals surface area contributed by atoms with Crippen molar-refractivity contribution in [3.63, 3.8) is 0 Å². The number of primary amides is 1. The number of esters is 1. The van der Waals surface area contributed by atoms with Gasteiger partial charge in [-0.1, -0.05) is 17.7 Å². The van der Waals surface area contributed by atoms with Crippen molar-refractivity contribution in [1.29, 1.82) is 0 Å². The van der Waals surface area contributed by atoms with Crippen molar-refractivity contribution in [3.8, 4) is 17.2 Å². The zero-order chi connectivity index (χ0) is 47.7. The fourth-order valence-corrected chi connectivity index (χ4v) is 6.59. The van der Waals surface area contributed by atoms with Gasteiger partial charge >= 0.3 is 23.9 Å². The van der Waals surface area contributed by atoms with Gasteiger partial charge in [0.1, 0.15) is 52.6 Å². The molecule has 0 radical (unpaired) electrons. The minimum absolute atomic E-state index is 0.0231. The average Bonchev–Trinajstić information content (AvgIpc) is 3.94. The van der Waals surface area contributed by atoms with E-state index in [0.717, 1.165) is 16.7 Å². The van der Waals surface area contributed by atoms with Gasteiger partial charge in [0, 0.05) is 23.7 Å². The number of aromatic carboxylic acids is 1. The number of fused-ring (bicyclic) bond motifs is 2. The summed E-state index contributed by atoms with van der Waals surface area (Å²) >= 11 is 0. The van der Waals surface area contributed by atoms with Crippen LogP contribution in [0.4, 0.5) is 22.0 Å². The summed E-state index contributed by atoms with van der Waals surface area (Å²) in [5.74, 6) is -2.43. The van der Waals surface area contributed by atoms with Gasteiger partial charge in [0.15, 0.2) is 5.65 Å². The van der Waals surface area contributed by atoms with Crippen LogP contribution in [0.3, 0.4) is 0 Å². The summed E-state index contributed by atoms with van der Waals surface area (Å²) in [6.07, 6.45) is 8.91. The Morgan fingerprint density at radius 2 is 1.69 bits per heavy atom. The fraction of sp³-hybridized carbons (Fsp3) is 0.171. The minimum Gasteiger partial charge on any atom is -0.507 e. The van der Waals surface area contributed by atoms with E-state index in [0.29, 0.717) is 41.1 Å². The zero-order valence-corrected chi connectivity index (χ0v) is 35.5. The first kappa shape index (κ1) is 49.1. The number of aromatic hydroxyl groups is 2. The number of nitrogens with one attached hydrogen (secondary N) is 3. The highest BCUT2D eigenvalue weighted by atomic mass is 32.2. The highest BCUT2D eigenvalue weighted by Crippen LogP contribution is 2.42. The smallest absolute Gasteiger partial charge is 0.342 e. The number of hydrogen-bond acceptors (Lipinski definition) is 17. The van der Waals surface area contributed by atoms with Crippen molar-refractivity contribution in [2.75, 3.05) is 11.8 Å². The Hall–Kier alpha value is -8.51. The van der Waals surface area contributed by atoms with Gasteiger partial charge in [-0.3, -0.25) is 14.7 Å². The van der Waals surface area contributed by atoms with Crippen molar-refractivity contribution < 1.29 is 62.7 Å². The highest BCUT2D eigenvalue weighted by Gasteiger charge is 2.32. The molecule has 1 aliphatic rings. The van der Waals surface area contributed by atoms with Gasteiger partial charge in [-0.05, 0) is 86.8 Å². The number of sulfonamides is 1. The topological polar surface area (TPSA) is 364 Å². The summed E-state index contributed by atoms with van der Waals surface area (Å²) in [5.41, 5.74) is 10.4. The molecule has 0 spiro atoms. The van der Waals surface area contributed by atoms with E-state index in [2.05, 4.69) is 45.6 Å². The predicted molar refractivity (Wildman–Crippen MR) is 230 cm³/mol. The molecule has 340 valence electrons. The lowest BCUT2D eigenvalue weighted by Gasteiger charge is -2.15. The first-order valence-electron chi connectivity index (χ1n) is 18.7. The third kappa shape index (κ3) is 14.0. The molecule has 0 saturated carbocycles. The molecule has 0 atom stereocenters. The number of methoxy groups -OCH3 is 1. The summed E-state index contributed by atoms with van der Waals surface area (Å²) in [4.78, 5) is 61.1. The molecule has 1 aliphatic heterocycles. The number of aliphatic carboxylic acids is 1. The van der Waals surface area contributed by atoms with Gasteiger partial charge in [-0.15, -0.1) is 0 Å². The first-order chi connectivity index (χ1) is 30.9. The number of carboxylic acids is 2. The number of hydrogen-bond donors (Lipinski definition) is 9. The van der Waals surface area contributed by atoms with Crippen LogP contribution in [-0.4, -0.2) is 90.0 Å². The maximum Gasteiger partial charge on any atom is 0.342 e. The summed E-state index contributed by atoms with van der Waals surface area (Å²) < 4.78 is 37.4. The van der Waals surface area contributed by atoms with Crippen LogP contribution in [0.2, 0.25) is 0 Å². The Bertz CT molecular complexity index is 2790. The normalized spacial score (nSPS) is 11.7. The van der Waals surface area contributed by atoms with E-state index >= 15 is 0 Å². The quantitative estimate of drug-likeness (QED) is 0.0229. The van der Waals surface area contributed by atoms with Crippen LogP contribution in [0.15, 0.2) is 112 Å². The number of pyridine rings is 1. The number of carbonyl (C=O) groups excluding carboxylic acids is 2. The zero-order valence-electron chi connectivity index (χ0n) is 34.7. The summed E-state index contributed by atoms with van der Waals surface area (Å²) in [5, 5.41) is 52.9. The van der Waals surface area contributed by atoms with E-state index in [9.17, 15) is 37.8 Å².